The van der Waals surface area contributed by atoms with Gasteiger partial charge in [0.1, 0.15) is 0 Å². The number of aliphatic carboxylic acids is 1. The highest BCUT2D eigenvalue weighted by molar-refractivity contribution is 5.96. The standard InChI is InChI=1S/C17H19NO3/c1-9-4-3-5-13(10(9)2)18-16(19)14-11-6-7-12(8-11)15(14)17(20)21/h3-7,11-12,14-15H,8H2,1-2H3,(H,18,19)(H,20,21)/p-1/t11-,12+,14-,15+/m1/s1. The van der Waals surface area contributed by atoms with E-state index in [9.17, 15) is 14.7 Å². The second-order valence-electron chi connectivity index (χ2n) is 6.06. The van der Waals surface area contributed by atoms with E-state index >= 15 is 0 Å². The van der Waals surface area contributed by atoms with Crippen molar-refractivity contribution in [2.24, 2.45) is 23.7 Å². The zero-order valence-corrected chi connectivity index (χ0v) is 12.1. The zero-order valence-electron chi connectivity index (χ0n) is 12.1. The van der Waals surface area contributed by atoms with Crippen molar-refractivity contribution in [2.75, 3.05) is 5.32 Å². The molecule has 4 nitrogen and oxygen atoms in total. The highest BCUT2D eigenvalue weighted by atomic mass is 16.4. The van der Waals surface area contributed by atoms with Crippen molar-refractivity contribution in [1.29, 1.82) is 0 Å². The summed E-state index contributed by atoms with van der Waals surface area (Å²) in [4.78, 5) is 23.9. The first-order valence-electron chi connectivity index (χ1n) is 7.25. The normalized spacial score (nSPS) is 29.6. The van der Waals surface area contributed by atoms with E-state index in [0.29, 0.717) is 0 Å². The number of carbonyl (C=O) groups is 2. The van der Waals surface area contributed by atoms with E-state index in [-0.39, 0.29) is 17.7 Å². The summed E-state index contributed by atoms with van der Waals surface area (Å²) in [5, 5.41) is 14.3. The van der Waals surface area contributed by atoms with Crippen molar-refractivity contribution in [2.45, 2.75) is 20.3 Å². The van der Waals surface area contributed by atoms with Crippen molar-refractivity contribution in [3.05, 3.63) is 41.5 Å². The van der Waals surface area contributed by atoms with Crippen LogP contribution in [0.1, 0.15) is 17.5 Å². The lowest BCUT2D eigenvalue weighted by molar-refractivity contribution is -0.313. The highest BCUT2D eigenvalue weighted by Gasteiger charge is 2.48. The van der Waals surface area contributed by atoms with Crippen LogP contribution in [0.15, 0.2) is 30.4 Å². The number of fused-ring (bicyclic) bond motifs is 2. The third-order valence-electron chi connectivity index (χ3n) is 4.90. The van der Waals surface area contributed by atoms with E-state index in [1.165, 1.54) is 0 Å². The summed E-state index contributed by atoms with van der Waals surface area (Å²) >= 11 is 0. The summed E-state index contributed by atoms with van der Waals surface area (Å²) in [6, 6.07) is 5.71. The van der Waals surface area contributed by atoms with Gasteiger partial charge in [-0.3, -0.25) is 4.79 Å². The molecule has 1 saturated carbocycles. The summed E-state index contributed by atoms with van der Waals surface area (Å²) in [5.74, 6) is -2.60. The first kappa shape index (κ1) is 13.9. The first-order valence-corrected chi connectivity index (χ1v) is 7.25. The van der Waals surface area contributed by atoms with Gasteiger partial charge in [-0.05, 0) is 49.3 Å². The van der Waals surface area contributed by atoms with Crippen LogP contribution < -0.4 is 10.4 Å². The number of benzene rings is 1. The molecule has 2 aliphatic carbocycles. The Bertz CT molecular complexity index is 635. The van der Waals surface area contributed by atoms with Crippen LogP contribution in [-0.2, 0) is 9.59 Å². The number of anilines is 1. The second-order valence-corrected chi connectivity index (χ2v) is 6.06. The maximum atomic E-state index is 12.5. The molecule has 0 aromatic heterocycles. The zero-order chi connectivity index (χ0) is 15.1. The maximum Gasteiger partial charge on any atom is 0.228 e. The predicted molar refractivity (Wildman–Crippen MR) is 77.3 cm³/mol. The lowest BCUT2D eigenvalue weighted by Crippen LogP contribution is -2.42. The van der Waals surface area contributed by atoms with Gasteiger partial charge in [0.15, 0.2) is 0 Å². The molecule has 1 amide bonds. The fraction of sp³-hybridized carbons (Fsp3) is 0.412. The minimum absolute atomic E-state index is 0.0167. The topological polar surface area (TPSA) is 69.2 Å². The van der Waals surface area contributed by atoms with Gasteiger partial charge in [0.25, 0.3) is 0 Å². The van der Waals surface area contributed by atoms with Gasteiger partial charge in [-0.15, -0.1) is 0 Å². The first-order chi connectivity index (χ1) is 9.99. The molecule has 2 bridgehead atoms. The van der Waals surface area contributed by atoms with Gasteiger partial charge in [-0.1, -0.05) is 24.3 Å². The maximum absolute atomic E-state index is 12.5. The number of allylic oxidation sites excluding steroid dienone is 2. The van der Waals surface area contributed by atoms with E-state index in [4.69, 9.17) is 0 Å². The molecule has 2 aliphatic rings. The van der Waals surface area contributed by atoms with Crippen LogP contribution in [-0.4, -0.2) is 11.9 Å². The molecule has 0 unspecified atom stereocenters. The van der Waals surface area contributed by atoms with Crippen LogP contribution in [0.4, 0.5) is 5.69 Å². The molecular weight excluding hydrogens is 266 g/mol. The Morgan fingerprint density at radius 2 is 1.81 bits per heavy atom. The van der Waals surface area contributed by atoms with Gasteiger partial charge >= 0.3 is 0 Å². The summed E-state index contributed by atoms with van der Waals surface area (Å²) in [6.07, 6.45) is 4.62. The van der Waals surface area contributed by atoms with E-state index in [1.807, 2.05) is 44.2 Å². The Morgan fingerprint density at radius 1 is 1.14 bits per heavy atom. The molecule has 4 atom stereocenters. The average Bonchev–Trinajstić information content (AvgIpc) is 3.04. The highest BCUT2D eigenvalue weighted by Crippen LogP contribution is 2.48. The van der Waals surface area contributed by atoms with E-state index in [2.05, 4.69) is 5.32 Å². The number of amides is 1. The fourth-order valence-corrected chi connectivity index (χ4v) is 3.60. The van der Waals surface area contributed by atoms with Gasteiger partial charge in [0.05, 0.1) is 5.92 Å². The largest absolute Gasteiger partial charge is 0.550 e. The van der Waals surface area contributed by atoms with Crippen molar-refractivity contribution in [3.63, 3.8) is 0 Å². The molecule has 110 valence electrons. The Morgan fingerprint density at radius 3 is 2.48 bits per heavy atom. The lowest BCUT2D eigenvalue weighted by atomic mass is 9.82. The average molecular weight is 284 g/mol. The van der Waals surface area contributed by atoms with Crippen LogP contribution >= 0.6 is 0 Å². The van der Waals surface area contributed by atoms with Crippen molar-refractivity contribution < 1.29 is 14.7 Å². The summed E-state index contributed by atoms with van der Waals surface area (Å²) in [5.41, 5.74) is 2.86. The van der Waals surface area contributed by atoms with E-state index in [0.717, 1.165) is 23.2 Å². The Balaban J connectivity index is 1.84. The van der Waals surface area contributed by atoms with Crippen LogP contribution in [0.2, 0.25) is 0 Å². The summed E-state index contributed by atoms with van der Waals surface area (Å²) < 4.78 is 0. The van der Waals surface area contributed by atoms with Gasteiger partial charge in [-0.25, -0.2) is 0 Å². The molecule has 0 radical (unpaired) electrons. The third kappa shape index (κ3) is 2.24. The molecule has 3 rings (SSSR count). The minimum atomic E-state index is -1.12. The number of carbonyl (C=O) groups excluding carboxylic acids is 2. The smallest absolute Gasteiger partial charge is 0.228 e. The molecule has 1 aromatic carbocycles. The summed E-state index contributed by atoms with van der Waals surface area (Å²) in [7, 11) is 0. The van der Waals surface area contributed by atoms with Crippen molar-refractivity contribution >= 4 is 17.6 Å². The van der Waals surface area contributed by atoms with Crippen LogP contribution in [0.5, 0.6) is 0 Å². The second kappa shape index (κ2) is 5.02. The molecule has 4 heteroatoms. The quantitative estimate of drug-likeness (QED) is 0.854. The molecule has 0 heterocycles. The monoisotopic (exact) mass is 284 g/mol. The van der Waals surface area contributed by atoms with Gasteiger partial charge in [0, 0.05) is 17.6 Å². The molecular formula is C17H18NO3-. The Hall–Kier alpha value is -2.10. The molecule has 1 aromatic rings. The van der Waals surface area contributed by atoms with Gasteiger partial charge < -0.3 is 15.2 Å². The third-order valence-corrected chi connectivity index (χ3v) is 4.90. The van der Waals surface area contributed by atoms with Crippen molar-refractivity contribution in [1.82, 2.24) is 0 Å². The molecule has 0 saturated heterocycles. The number of nitrogens with one attached hydrogen (secondary N) is 1. The Kier molecular flexibility index (Phi) is 3.32. The Labute approximate surface area is 123 Å². The number of carboxylic acid groups (broad SMARTS) is 1. The SMILES string of the molecule is Cc1cccc(NC(=O)[C@H]2[C@@H](C(=O)[O-])[C@H]3C=C[C@@H]2C3)c1C. The number of carboxylic acids is 1. The molecule has 1 fully saturated rings. The number of aryl methyl sites for hydroxylation is 1. The van der Waals surface area contributed by atoms with E-state index in [1.54, 1.807) is 0 Å². The lowest BCUT2D eigenvalue weighted by Gasteiger charge is -2.28. The number of hydrogen-bond acceptors (Lipinski definition) is 3. The summed E-state index contributed by atoms with van der Waals surface area (Å²) in [6.45, 7) is 3.93. The van der Waals surface area contributed by atoms with Gasteiger partial charge in [0.2, 0.25) is 5.91 Å². The van der Waals surface area contributed by atoms with Crippen molar-refractivity contribution in [3.8, 4) is 0 Å². The van der Waals surface area contributed by atoms with Crippen LogP contribution in [0.25, 0.3) is 0 Å². The fourth-order valence-electron chi connectivity index (χ4n) is 3.60. The number of rotatable bonds is 3. The molecule has 21 heavy (non-hydrogen) atoms. The number of hydrogen-bond donors (Lipinski definition) is 1. The molecule has 1 N–H and O–H groups in total. The minimum Gasteiger partial charge on any atom is -0.550 e. The van der Waals surface area contributed by atoms with Gasteiger partial charge in [-0.2, -0.15) is 0 Å². The van der Waals surface area contributed by atoms with Crippen LogP contribution in [0, 0.1) is 37.5 Å². The predicted octanol–water partition coefficient (Wildman–Crippen LogP) is 1.43. The van der Waals surface area contributed by atoms with E-state index < -0.39 is 17.8 Å². The van der Waals surface area contributed by atoms with Crippen LogP contribution in [0.3, 0.4) is 0 Å². The molecule has 0 aliphatic heterocycles. The molecule has 0 spiro atoms.